The molecule has 1 saturated carbocycles. The van der Waals surface area contributed by atoms with Crippen molar-refractivity contribution in [2.24, 2.45) is 0 Å². The molecular formula is C20H19Cl2NO5S. The first-order valence-corrected chi connectivity index (χ1v) is 11.2. The number of hydrogen-bond donors (Lipinski definition) is 1. The monoisotopic (exact) mass is 455 g/mol. The van der Waals surface area contributed by atoms with Gasteiger partial charge in [0.2, 0.25) is 0 Å². The number of nitrogens with one attached hydrogen (secondary N) is 1. The predicted molar refractivity (Wildman–Crippen MR) is 111 cm³/mol. The molecule has 0 heterocycles. The van der Waals surface area contributed by atoms with Gasteiger partial charge in [-0.05, 0) is 37.1 Å². The number of hydrogen-bond acceptors (Lipinski definition) is 5. The van der Waals surface area contributed by atoms with Crippen molar-refractivity contribution >= 4 is 50.6 Å². The van der Waals surface area contributed by atoms with Crippen LogP contribution in [0.1, 0.15) is 25.7 Å². The second-order valence-electron chi connectivity index (χ2n) is 6.74. The fraction of sp³-hybridized carbons (Fsp3) is 0.300. The first kappa shape index (κ1) is 21.6. The zero-order valence-corrected chi connectivity index (χ0v) is 17.7. The Bertz CT molecular complexity index is 998. The van der Waals surface area contributed by atoms with Crippen molar-refractivity contribution in [2.75, 3.05) is 11.9 Å². The van der Waals surface area contributed by atoms with Gasteiger partial charge in [-0.1, -0.05) is 60.3 Å². The topological polar surface area (TPSA) is 89.5 Å². The summed E-state index contributed by atoms with van der Waals surface area (Å²) in [5.74, 6) is -1.59. The molecule has 1 amide bonds. The van der Waals surface area contributed by atoms with Crippen molar-refractivity contribution < 1.29 is 22.7 Å². The van der Waals surface area contributed by atoms with Gasteiger partial charge >= 0.3 is 5.97 Å². The van der Waals surface area contributed by atoms with Crippen molar-refractivity contribution in [3.05, 3.63) is 58.6 Å². The fourth-order valence-corrected chi connectivity index (χ4v) is 5.97. The predicted octanol–water partition coefficient (Wildman–Crippen LogP) is 4.26. The molecule has 0 bridgehead atoms. The van der Waals surface area contributed by atoms with Crippen LogP contribution in [-0.4, -0.2) is 31.6 Å². The number of amides is 1. The lowest BCUT2D eigenvalue weighted by Gasteiger charge is -2.26. The lowest BCUT2D eigenvalue weighted by Crippen LogP contribution is -2.46. The van der Waals surface area contributed by atoms with E-state index in [1.165, 1.54) is 12.1 Å². The molecule has 0 atom stereocenters. The van der Waals surface area contributed by atoms with E-state index in [9.17, 15) is 18.0 Å². The van der Waals surface area contributed by atoms with Gasteiger partial charge < -0.3 is 10.1 Å². The van der Waals surface area contributed by atoms with E-state index >= 15 is 0 Å². The maximum Gasteiger partial charge on any atom is 0.328 e. The number of para-hydroxylation sites is 1. The van der Waals surface area contributed by atoms with Gasteiger partial charge in [-0.15, -0.1) is 0 Å². The molecule has 1 fully saturated rings. The van der Waals surface area contributed by atoms with Crippen LogP contribution < -0.4 is 5.32 Å². The van der Waals surface area contributed by atoms with Crippen LogP contribution in [0, 0.1) is 0 Å². The summed E-state index contributed by atoms with van der Waals surface area (Å²) in [5.41, 5.74) is 0.198. The highest BCUT2D eigenvalue weighted by molar-refractivity contribution is 7.93. The lowest BCUT2D eigenvalue weighted by molar-refractivity contribution is -0.149. The van der Waals surface area contributed by atoms with E-state index in [1.807, 2.05) is 0 Å². The third-order valence-corrected chi connectivity index (χ3v) is 8.04. The van der Waals surface area contributed by atoms with Crippen molar-refractivity contribution in [1.29, 1.82) is 0 Å². The van der Waals surface area contributed by atoms with Crippen LogP contribution in [0.5, 0.6) is 0 Å². The Balaban J connectivity index is 1.75. The third-order valence-electron chi connectivity index (χ3n) is 4.91. The Morgan fingerprint density at radius 1 is 0.966 bits per heavy atom. The first-order valence-electron chi connectivity index (χ1n) is 8.99. The summed E-state index contributed by atoms with van der Waals surface area (Å²) in [7, 11) is -3.97. The molecule has 1 aliphatic rings. The van der Waals surface area contributed by atoms with Crippen LogP contribution in [0.25, 0.3) is 0 Å². The Kier molecular flexibility index (Phi) is 6.51. The molecule has 0 unspecified atom stereocenters. The maximum atomic E-state index is 13.2. The molecule has 2 aromatic carbocycles. The van der Waals surface area contributed by atoms with E-state index in [1.54, 1.807) is 36.4 Å². The van der Waals surface area contributed by atoms with Crippen LogP contribution in [0.2, 0.25) is 10.0 Å². The van der Waals surface area contributed by atoms with Crippen LogP contribution >= 0.6 is 23.2 Å². The van der Waals surface area contributed by atoms with Gasteiger partial charge in [-0.2, -0.15) is 0 Å². The van der Waals surface area contributed by atoms with Crippen LogP contribution in [0.15, 0.2) is 53.4 Å². The molecule has 29 heavy (non-hydrogen) atoms. The number of carbonyl (C=O) groups is 2. The second kappa shape index (κ2) is 8.73. The highest BCUT2D eigenvalue weighted by Gasteiger charge is 2.54. The molecule has 0 aromatic heterocycles. The molecular weight excluding hydrogens is 437 g/mol. The normalized spacial score (nSPS) is 15.7. The molecule has 6 nitrogen and oxygen atoms in total. The number of halogens is 2. The average Bonchev–Trinajstić information content (AvgIpc) is 3.21. The van der Waals surface area contributed by atoms with E-state index < -0.39 is 33.1 Å². The smallest absolute Gasteiger partial charge is 0.328 e. The van der Waals surface area contributed by atoms with Gasteiger partial charge in [0.1, 0.15) is 0 Å². The minimum Gasteiger partial charge on any atom is -0.454 e. The molecule has 154 valence electrons. The fourth-order valence-electron chi connectivity index (χ4n) is 3.41. The Labute approximate surface area is 179 Å². The molecule has 1 N–H and O–H groups in total. The summed E-state index contributed by atoms with van der Waals surface area (Å²) in [6, 6.07) is 12.5. The molecule has 0 aliphatic heterocycles. The second-order valence-corrected chi connectivity index (χ2v) is 9.81. The molecule has 2 aromatic rings. The first-order chi connectivity index (χ1) is 13.8. The van der Waals surface area contributed by atoms with Crippen molar-refractivity contribution in [1.82, 2.24) is 0 Å². The van der Waals surface area contributed by atoms with Crippen LogP contribution in [-0.2, 0) is 24.2 Å². The Morgan fingerprint density at radius 2 is 1.55 bits per heavy atom. The van der Waals surface area contributed by atoms with Crippen molar-refractivity contribution in [3.8, 4) is 0 Å². The van der Waals surface area contributed by atoms with Gasteiger partial charge in [0, 0.05) is 0 Å². The SMILES string of the molecule is O=C(COC(=O)C1(S(=O)(=O)c2ccccc2)CCCC1)Nc1c(Cl)cccc1Cl. The minimum absolute atomic E-state index is 0.0613. The number of benzene rings is 2. The third kappa shape index (κ3) is 4.27. The van der Waals surface area contributed by atoms with E-state index in [-0.39, 0.29) is 33.5 Å². The highest BCUT2D eigenvalue weighted by atomic mass is 35.5. The van der Waals surface area contributed by atoms with Crippen molar-refractivity contribution in [2.45, 2.75) is 35.3 Å². The zero-order chi connectivity index (χ0) is 21.1. The van der Waals surface area contributed by atoms with E-state index in [4.69, 9.17) is 27.9 Å². The van der Waals surface area contributed by atoms with Crippen molar-refractivity contribution in [3.63, 3.8) is 0 Å². The number of carbonyl (C=O) groups excluding carboxylic acids is 2. The number of sulfone groups is 1. The Morgan fingerprint density at radius 3 is 2.14 bits per heavy atom. The van der Waals surface area contributed by atoms with Gasteiger partial charge in [0.15, 0.2) is 21.2 Å². The number of esters is 1. The number of rotatable bonds is 6. The molecule has 0 radical (unpaired) electrons. The summed E-state index contributed by atoms with van der Waals surface area (Å²) in [6.07, 6.45) is 1.48. The Hall–Kier alpha value is -2.09. The standard InChI is InChI=1S/C20H19Cl2NO5S/c21-15-9-6-10-16(22)18(15)23-17(24)13-28-19(25)20(11-4-5-12-20)29(26,27)14-7-2-1-3-8-14/h1-3,6-10H,4-5,11-13H2,(H,23,24). The average molecular weight is 456 g/mol. The summed E-state index contributed by atoms with van der Waals surface area (Å²) in [6.45, 7) is -0.646. The highest BCUT2D eigenvalue weighted by Crippen LogP contribution is 2.41. The molecule has 3 rings (SSSR count). The summed E-state index contributed by atoms with van der Waals surface area (Å²) >= 11 is 12.0. The van der Waals surface area contributed by atoms with Crippen LogP contribution in [0.4, 0.5) is 5.69 Å². The van der Waals surface area contributed by atoms with E-state index in [2.05, 4.69) is 5.32 Å². The quantitative estimate of drug-likeness (QED) is 0.656. The zero-order valence-electron chi connectivity index (χ0n) is 15.4. The molecule has 1 aliphatic carbocycles. The lowest BCUT2D eigenvalue weighted by atomic mass is 10.1. The van der Waals surface area contributed by atoms with Gasteiger partial charge in [0.25, 0.3) is 5.91 Å². The molecule has 0 saturated heterocycles. The van der Waals surface area contributed by atoms with Crippen LogP contribution in [0.3, 0.4) is 0 Å². The number of anilines is 1. The summed E-state index contributed by atoms with van der Waals surface area (Å²) < 4.78 is 29.8. The van der Waals surface area contributed by atoms with E-state index in [0.717, 1.165) is 0 Å². The number of ether oxygens (including phenoxy) is 1. The van der Waals surface area contributed by atoms with Gasteiger partial charge in [0.05, 0.1) is 20.6 Å². The van der Waals surface area contributed by atoms with Gasteiger partial charge in [-0.3, -0.25) is 9.59 Å². The largest absolute Gasteiger partial charge is 0.454 e. The maximum absolute atomic E-state index is 13.2. The molecule has 9 heteroatoms. The van der Waals surface area contributed by atoms with Gasteiger partial charge in [-0.25, -0.2) is 8.42 Å². The van der Waals surface area contributed by atoms with E-state index in [0.29, 0.717) is 12.8 Å². The minimum atomic E-state index is -3.97. The summed E-state index contributed by atoms with van der Waals surface area (Å²) in [4.78, 5) is 25.1. The summed E-state index contributed by atoms with van der Waals surface area (Å²) in [5, 5.41) is 2.94. The molecule has 0 spiro atoms.